The first-order chi connectivity index (χ1) is 11.2. The van der Waals surface area contributed by atoms with E-state index in [0.717, 1.165) is 36.5 Å². The van der Waals surface area contributed by atoms with Gasteiger partial charge in [-0.25, -0.2) is 9.97 Å². The minimum atomic E-state index is -0.248. The van der Waals surface area contributed by atoms with Gasteiger partial charge in [0.2, 0.25) is 0 Å². The van der Waals surface area contributed by atoms with Crippen LogP contribution in [0, 0.1) is 0 Å². The van der Waals surface area contributed by atoms with Crippen molar-refractivity contribution < 1.29 is 5.11 Å². The van der Waals surface area contributed by atoms with Crippen LogP contribution in [-0.2, 0) is 0 Å². The molecular weight excluding hydrogens is 288 g/mol. The van der Waals surface area contributed by atoms with E-state index in [2.05, 4.69) is 20.9 Å². The van der Waals surface area contributed by atoms with Gasteiger partial charge in [0, 0.05) is 24.8 Å². The van der Waals surface area contributed by atoms with Crippen LogP contribution < -0.4 is 10.6 Å². The molecule has 0 spiro atoms. The minimum absolute atomic E-state index is 0.248. The van der Waals surface area contributed by atoms with Crippen LogP contribution in [0.4, 0.5) is 11.6 Å². The normalized spacial score (nSPS) is 21.4. The molecule has 2 aromatic heterocycles. The highest BCUT2D eigenvalue weighted by Gasteiger charge is 2.24. The third kappa shape index (κ3) is 3.15. The second kappa shape index (κ2) is 5.81. The van der Waals surface area contributed by atoms with E-state index in [0.29, 0.717) is 18.3 Å². The zero-order valence-electron chi connectivity index (χ0n) is 13.2. The molecule has 3 N–H and O–H groups in total. The SMILES string of the molecule is Nc1cc(C2CC2)cc(-c2ccc(N3CCCC(O)C3)nc2)n1. The summed E-state index contributed by atoms with van der Waals surface area (Å²) in [5.74, 6) is 2.15. The fraction of sp³-hybridized carbons (Fsp3) is 0.444. The lowest BCUT2D eigenvalue weighted by Crippen LogP contribution is -2.38. The summed E-state index contributed by atoms with van der Waals surface area (Å²) in [7, 11) is 0. The topological polar surface area (TPSA) is 75.3 Å². The second-order valence-electron chi connectivity index (χ2n) is 6.63. The Kier molecular flexibility index (Phi) is 3.65. The number of anilines is 2. The number of hydrogen-bond donors (Lipinski definition) is 2. The molecule has 2 fully saturated rings. The molecule has 1 saturated heterocycles. The van der Waals surface area contributed by atoms with Gasteiger partial charge in [-0.05, 0) is 61.4 Å². The van der Waals surface area contributed by atoms with Gasteiger partial charge in [-0.3, -0.25) is 0 Å². The monoisotopic (exact) mass is 310 g/mol. The van der Waals surface area contributed by atoms with Crippen molar-refractivity contribution in [3.8, 4) is 11.3 Å². The number of aliphatic hydroxyl groups excluding tert-OH is 1. The summed E-state index contributed by atoms with van der Waals surface area (Å²) in [5, 5.41) is 9.80. The summed E-state index contributed by atoms with van der Waals surface area (Å²) in [6, 6.07) is 8.17. The summed E-state index contributed by atoms with van der Waals surface area (Å²) in [6.07, 6.45) is 5.99. The van der Waals surface area contributed by atoms with Crippen molar-refractivity contribution in [3.63, 3.8) is 0 Å². The van der Waals surface area contributed by atoms with E-state index in [-0.39, 0.29) is 6.10 Å². The Labute approximate surface area is 136 Å². The Morgan fingerprint density at radius 1 is 1.17 bits per heavy atom. The van der Waals surface area contributed by atoms with Crippen molar-refractivity contribution in [2.24, 2.45) is 0 Å². The molecule has 2 aliphatic rings. The van der Waals surface area contributed by atoms with Crippen LogP contribution in [-0.4, -0.2) is 34.3 Å². The molecular formula is C18H22N4O. The quantitative estimate of drug-likeness (QED) is 0.911. The molecule has 0 bridgehead atoms. The zero-order valence-corrected chi connectivity index (χ0v) is 13.2. The Bertz CT molecular complexity index is 697. The lowest BCUT2D eigenvalue weighted by molar-refractivity contribution is 0.154. The Balaban J connectivity index is 1.58. The van der Waals surface area contributed by atoms with Crippen LogP contribution in [0.2, 0.25) is 0 Å². The van der Waals surface area contributed by atoms with E-state index >= 15 is 0 Å². The number of pyridine rings is 2. The van der Waals surface area contributed by atoms with Gasteiger partial charge in [0.1, 0.15) is 11.6 Å². The molecule has 1 unspecified atom stereocenters. The highest BCUT2D eigenvalue weighted by molar-refractivity contribution is 5.63. The molecule has 0 aromatic carbocycles. The van der Waals surface area contributed by atoms with Gasteiger partial charge in [-0.2, -0.15) is 0 Å². The van der Waals surface area contributed by atoms with Gasteiger partial charge in [0.15, 0.2) is 0 Å². The predicted molar refractivity (Wildman–Crippen MR) is 91.3 cm³/mol. The highest BCUT2D eigenvalue weighted by Crippen LogP contribution is 2.41. The molecule has 3 heterocycles. The van der Waals surface area contributed by atoms with Crippen LogP contribution in [0.25, 0.3) is 11.3 Å². The molecule has 2 aromatic rings. The Morgan fingerprint density at radius 2 is 2.04 bits per heavy atom. The first-order valence-corrected chi connectivity index (χ1v) is 8.36. The van der Waals surface area contributed by atoms with Crippen LogP contribution in [0.5, 0.6) is 0 Å². The molecule has 1 aliphatic carbocycles. The number of β-amino-alcohol motifs (C(OH)–C–C–N with tert-alkyl or cyclic N) is 1. The van der Waals surface area contributed by atoms with Crippen molar-refractivity contribution in [1.82, 2.24) is 9.97 Å². The number of rotatable bonds is 3. The number of aromatic nitrogens is 2. The van der Waals surface area contributed by atoms with Gasteiger partial charge < -0.3 is 15.7 Å². The van der Waals surface area contributed by atoms with Crippen molar-refractivity contribution in [1.29, 1.82) is 0 Å². The van der Waals surface area contributed by atoms with Crippen LogP contribution in [0.15, 0.2) is 30.5 Å². The Hall–Kier alpha value is -2.14. The number of nitrogens with two attached hydrogens (primary N) is 1. The fourth-order valence-corrected chi connectivity index (χ4v) is 3.26. The molecule has 23 heavy (non-hydrogen) atoms. The van der Waals surface area contributed by atoms with Crippen molar-refractivity contribution in [2.45, 2.75) is 37.7 Å². The molecule has 120 valence electrons. The van der Waals surface area contributed by atoms with Gasteiger partial charge >= 0.3 is 0 Å². The first-order valence-electron chi connectivity index (χ1n) is 8.36. The maximum atomic E-state index is 9.80. The standard InChI is InChI=1S/C18H22N4O/c19-17-9-14(12-3-4-12)8-16(21-17)13-5-6-18(20-10-13)22-7-1-2-15(23)11-22/h5-6,8-10,12,15,23H,1-4,7,11H2,(H2,19,21). The number of hydrogen-bond acceptors (Lipinski definition) is 5. The van der Waals surface area contributed by atoms with E-state index in [1.165, 1.54) is 18.4 Å². The summed E-state index contributed by atoms with van der Waals surface area (Å²) in [5.41, 5.74) is 9.12. The third-order valence-corrected chi connectivity index (χ3v) is 4.68. The maximum Gasteiger partial charge on any atom is 0.128 e. The fourth-order valence-electron chi connectivity index (χ4n) is 3.26. The van der Waals surface area contributed by atoms with E-state index in [9.17, 15) is 5.11 Å². The van der Waals surface area contributed by atoms with E-state index in [4.69, 9.17) is 5.73 Å². The second-order valence-corrected chi connectivity index (χ2v) is 6.63. The van der Waals surface area contributed by atoms with Crippen LogP contribution in [0.3, 0.4) is 0 Å². The molecule has 5 heteroatoms. The van der Waals surface area contributed by atoms with Crippen molar-refractivity contribution in [3.05, 3.63) is 36.0 Å². The van der Waals surface area contributed by atoms with E-state index < -0.39 is 0 Å². The molecule has 1 saturated carbocycles. The van der Waals surface area contributed by atoms with Gasteiger partial charge in [-0.1, -0.05) is 0 Å². The van der Waals surface area contributed by atoms with Gasteiger partial charge in [0.05, 0.1) is 11.8 Å². The lowest BCUT2D eigenvalue weighted by Gasteiger charge is -2.31. The smallest absolute Gasteiger partial charge is 0.128 e. The number of aliphatic hydroxyl groups is 1. The molecule has 0 amide bonds. The summed E-state index contributed by atoms with van der Waals surface area (Å²) in [6.45, 7) is 1.61. The van der Waals surface area contributed by atoms with Crippen molar-refractivity contribution >= 4 is 11.6 Å². The van der Waals surface area contributed by atoms with Gasteiger partial charge in [-0.15, -0.1) is 0 Å². The molecule has 4 rings (SSSR count). The average molecular weight is 310 g/mol. The largest absolute Gasteiger partial charge is 0.391 e. The van der Waals surface area contributed by atoms with E-state index in [1.807, 2.05) is 24.4 Å². The summed E-state index contributed by atoms with van der Waals surface area (Å²) in [4.78, 5) is 11.2. The zero-order chi connectivity index (χ0) is 15.8. The first kappa shape index (κ1) is 14.5. The maximum absolute atomic E-state index is 9.80. The summed E-state index contributed by atoms with van der Waals surface area (Å²) >= 11 is 0. The predicted octanol–water partition coefficient (Wildman–Crippen LogP) is 2.56. The van der Waals surface area contributed by atoms with Crippen LogP contribution in [0.1, 0.15) is 37.2 Å². The lowest BCUT2D eigenvalue weighted by atomic mass is 10.1. The summed E-state index contributed by atoms with van der Waals surface area (Å²) < 4.78 is 0. The van der Waals surface area contributed by atoms with E-state index in [1.54, 1.807) is 0 Å². The number of piperidine rings is 1. The molecule has 0 radical (unpaired) electrons. The minimum Gasteiger partial charge on any atom is -0.391 e. The molecule has 1 aliphatic heterocycles. The van der Waals surface area contributed by atoms with Crippen LogP contribution >= 0.6 is 0 Å². The highest BCUT2D eigenvalue weighted by atomic mass is 16.3. The number of nitrogens with zero attached hydrogens (tertiary/aromatic N) is 3. The Morgan fingerprint density at radius 3 is 2.74 bits per heavy atom. The average Bonchev–Trinajstić information content (AvgIpc) is 3.39. The van der Waals surface area contributed by atoms with Gasteiger partial charge in [0.25, 0.3) is 0 Å². The third-order valence-electron chi connectivity index (χ3n) is 4.68. The number of nitrogen functional groups attached to an aromatic ring is 1. The molecule has 5 nitrogen and oxygen atoms in total. The van der Waals surface area contributed by atoms with Crippen molar-refractivity contribution in [2.75, 3.05) is 23.7 Å². The molecule has 1 atom stereocenters.